The van der Waals surface area contributed by atoms with E-state index in [0.29, 0.717) is 33.6 Å². The summed E-state index contributed by atoms with van der Waals surface area (Å²) in [4.78, 5) is 58.1. The van der Waals surface area contributed by atoms with Crippen LogP contribution in [0.5, 0.6) is 0 Å². The van der Waals surface area contributed by atoms with Gasteiger partial charge in [0.15, 0.2) is 0 Å². The fraction of sp³-hybridized carbons (Fsp3) is 0.333. The molecule has 42 heavy (non-hydrogen) atoms. The lowest BCUT2D eigenvalue weighted by molar-refractivity contribution is -0.142. The number of carbonyl (C=O) groups is 4. The van der Waals surface area contributed by atoms with Crippen molar-refractivity contribution >= 4 is 23.9 Å². The van der Waals surface area contributed by atoms with Crippen molar-refractivity contribution in [2.45, 2.75) is 52.5 Å². The highest BCUT2D eigenvalue weighted by molar-refractivity contribution is 5.90. The van der Waals surface area contributed by atoms with Gasteiger partial charge in [-0.15, -0.1) is 0 Å². The zero-order valence-electron chi connectivity index (χ0n) is 24.2. The topological polar surface area (TPSA) is 180 Å². The van der Waals surface area contributed by atoms with Gasteiger partial charge in [0.05, 0.1) is 44.0 Å². The number of aromatic nitrogens is 4. The molecule has 0 aromatic carbocycles. The molecule has 5 N–H and O–H groups in total. The number of aromatic carboxylic acids is 2. The summed E-state index contributed by atoms with van der Waals surface area (Å²) in [5.41, 5.74) is 5.48. The molecule has 0 aliphatic rings. The van der Waals surface area contributed by atoms with Crippen LogP contribution in [0.4, 0.5) is 0 Å². The number of aromatic amines is 3. The average Bonchev–Trinajstić information content (AvgIpc) is 3.74. The van der Waals surface area contributed by atoms with Crippen molar-refractivity contribution in [3.8, 4) is 11.4 Å². The molecular weight excluding hydrogens is 544 g/mol. The van der Waals surface area contributed by atoms with Crippen LogP contribution in [0.2, 0.25) is 0 Å². The number of methoxy groups -OCH3 is 2. The van der Waals surface area contributed by atoms with E-state index in [1.165, 1.54) is 14.2 Å². The summed E-state index contributed by atoms with van der Waals surface area (Å²) in [6.45, 7) is 6.86. The Morgan fingerprint density at radius 2 is 1.38 bits per heavy atom. The number of carbonyl (C=O) groups excluding carboxylic acids is 2. The van der Waals surface area contributed by atoms with Crippen LogP contribution in [0.15, 0.2) is 30.6 Å². The summed E-state index contributed by atoms with van der Waals surface area (Å²) >= 11 is 0. The van der Waals surface area contributed by atoms with Gasteiger partial charge in [-0.3, -0.25) is 9.59 Å². The number of H-pyrrole nitrogens is 3. The van der Waals surface area contributed by atoms with E-state index in [2.05, 4.69) is 15.0 Å². The Morgan fingerprint density at radius 3 is 1.86 bits per heavy atom. The Hall–Kier alpha value is -5.00. The summed E-state index contributed by atoms with van der Waals surface area (Å²) in [5.74, 6) is -4.67. The third-order valence-corrected chi connectivity index (χ3v) is 7.76. The van der Waals surface area contributed by atoms with Gasteiger partial charge < -0.3 is 39.2 Å². The number of carboxylic acids is 2. The third kappa shape index (κ3) is 5.35. The van der Waals surface area contributed by atoms with Crippen LogP contribution in [0.3, 0.4) is 0 Å². The molecule has 4 heterocycles. The van der Waals surface area contributed by atoms with Crippen LogP contribution in [0.1, 0.15) is 85.9 Å². The van der Waals surface area contributed by atoms with Gasteiger partial charge in [0.25, 0.3) is 0 Å². The van der Waals surface area contributed by atoms with E-state index in [9.17, 15) is 29.4 Å². The largest absolute Gasteiger partial charge is 0.477 e. The number of hydrogen-bond donors (Lipinski definition) is 5. The lowest BCUT2D eigenvalue weighted by Gasteiger charge is -2.15. The van der Waals surface area contributed by atoms with Crippen molar-refractivity contribution in [1.82, 2.24) is 19.5 Å². The maximum absolute atomic E-state index is 12.5. The van der Waals surface area contributed by atoms with Gasteiger partial charge in [-0.25, -0.2) is 9.59 Å². The van der Waals surface area contributed by atoms with Crippen LogP contribution >= 0.6 is 0 Å². The molecule has 2 atom stereocenters. The number of nitrogens with one attached hydrogen (secondary N) is 3. The zero-order chi connectivity index (χ0) is 30.9. The number of carboxylic acid groups (broad SMARTS) is 2. The molecule has 0 saturated carbocycles. The van der Waals surface area contributed by atoms with Crippen LogP contribution in [0, 0.1) is 13.8 Å². The van der Waals surface area contributed by atoms with Crippen LogP contribution in [-0.2, 0) is 32.0 Å². The Bertz CT molecular complexity index is 1550. The minimum absolute atomic E-state index is 0.00103. The summed E-state index contributed by atoms with van der Waals surface area (Å²) < 4.78 is 11.8. The first-order valence-corrected chi connectivity index (χ1v) is 13.3. The van der Waals surface area contributed by atoms with Gasteiger partial charge >= 0.3 is 23.9 Å². The predicted octanol–water partition coefficient (Wildman–Crippen LogP) is 4.34. The SMILES string of the molecule is COC(=O)C(C)c1c(Cc2ccn(Cc3[nH]c(C(=O)O)c(C)c3C(C)C(=O)OC)c2-c2ccc[nH]2)[nH]c(C(=O)O)c1C. The molecule has 12 nitrogen and oxygen atoms in total. The molecule has 0 amide bonds. The van der Waals surface area contributed by atoms with E-state index in [4.69, 9.17) is 9.47 Å². The second-order valence-electron chi connectivity index (χ2n) is 10.2. The quantitative estimate of drug-likeness (QED) is 0.163. The lowest BCUT2D eigenvalue weighted by Crippen LogP contribution is -2.14. The molecule has 0 radical (unpaired) electrons. The molecule has 0 bridgehead atoms. The summed E-state index contributed by atoms with van der Waals surface area (Å²) in [5, 5.41) is 19.6. The predicted molar refractivity (Wildman–Crippen MR) is 152 cm³/mol. The van der Waals surface area contributed by atoms with Crippen molar-refractivity contribution in [3.05, 3.63) is 81.2 Å². The summed E-state index contributed by atoms with van der Waals surface area (Å²) in [6.07, 6.45) is 3.88. The summed E-state index contributed by atoms with van der Waals surface area (Å²) in [6, 6.07) is 5.61. The molecule has 0 spiro atoms. The first kappa shape index (κ1) is 30.0. The molecule has 0 aliphatic carbocycles. The van der Waals surface area contributed by atoms with E-state index in [1.54, 1.807) is 33.9 Å². The monoisotopic (exact) mass is 578 g/mol. The Labute approximate surface area is 241 Å². The maximum Gasteiger partial charge on any atom is 0.352 e. The Kier molecular flexibility index (Phi) is 8.46. The highest BCUT2D eigenvalue weighted by atomic mass is 16.5. The first-order chi connectivity index (χ1) is 19.9. The highest BCUT2D eigenvalue weighted by Crippen LogP contribution is 2.34. The molecule has 2 unspecified atom stereocenters. The van der Waals surface area contributed by atoms with Gasteiger partial charge in [-0.2, -0.15) is 0 Å². The van der Waals surface area contributed by atoms with Crippen molar-refractivity contribution in [2.75, 3.05) is 14.2 Å². The zero-order valence-corrected chi connectivity index (χ0v) is 24.2. The smallest absolute Gasteiger partial charge is 0.352 e. The average molecular weight is 579 g/mol. The molecule has 222 valence electrons. The Balaban J connectivity index is 1.84. The second-order valence-corrected chi connectivity index (χ2v) is 10.2. The van der Waals surface area contributed by atoms with Gasteiger partial charge in [-0.1, -0.05) is 0 Å². The third-order valence-electron chi connectivity index (χ3n) is 7.76. The van der Waals surface area contributed by atoms with Crippen molar-refractivity contribution < 1.29 is 38.9 Å². The lowest BCUT2D eigenvalue weighted by atomic mass is 9.94. The minimum atomic E-state index is -1.14. The second kappa shape index (κ2) is 11.9. The molecule has 12 heteroatoms. The van der Waals surface area contributed by atoms with Crippen LogP contribution < -0.4 is 0 Å². The molecule has 0 fully saturated rings. The molecule has 4 aromatic heterocycles. The number of rotatable bonds is 11. The fourth-order valence-electron chi connectivity index (χ4n) is 5.76. The fourth-order valence-corrected chi connectivity index (χ4v) is 5.76. The minimum Gasteiger partial charge on any atom is -0.477 e. The molecule has 0 saturated heterocycles. The van der Waals surface area contributed by atoms with Crippen LogP contribution in [-0.4, -0.2) is 67.8 Å². The first-order valence-electron chi connectivity index (χ1n) is 13.3. The maximum atomic E-state index is 12.5. The van der Waals surface area contributed by atoms with Gasteiger partial charge in [0, 0.05) is 30.2 Å². The van der Waals surface area contributed by atoms with Gasteiger partial charge in [0.2, 0.25) is 0 Å². The van der Waals surface area contributed by atoms with E-state index < -0.39 is 35.7 Å². The van der Waals surface area contributed by atoms with E-state index in [1.807, 2.05) is 29.0 Å². The molecule has 0 aliphatic heterocycles. The van der Waals surface area contributed by atoms with E-state index in [0.717, 1.165) is 17.0 Å². The van der Waals surface area contributed by atoms with Crippen molar-refractivity contribution in [2.24, 2.45) is 0 Å². The van der Waals surface area contributed by atoms with Gasteiger partial charge in [-0.05, 0) is 73.7 Å². The number of nitrogens with zero attached hydrogens (tertiary/aromatic N) is 1. The van der Waals surface area contributed by atoms with E-state index >= 15 is 0 Å². The highest BCUT2D eigenvalue weighted by Gasteiger charge is 2.30. The van der Waals surface area contributed by atoms with E-state index in [-0.39, 0.29) is 24.4 Å². The van der Waals surface area contributed by atoms with Crippen molar-refractivity contribution in [3.63, 3.8) is 0 Å². The molecular formula is C30H34N4O8. The molecule has 4 aromatic rings. The standard InChI is InChI=1S/C30H34N4O8/c1-14-22(16(3)29(39)41-5)20(32-24(14)27(35)36)12-18-9-11-34(26(18)19-8-7-10-31-19)13-21-23(17(4)30(40)42-6)15(2)25(33-21)28(37)38/h7-11,16-17,31-33H,12-13H2,1-6H3,(H,35,36)(H,37,38). The Morgan fingerprint density at radius 1 is 0.857 bits per heavy atom. The molecule has 4 rings (SSSR count). The normalized spacial score (nSPS) is 12.6. The van der Waals surface area contributed by atoms with Gasteiger partial charge in [0.1, 0.15) is 11.4 Å². The van der Waals surface area contributed by atoms with Crippen molar-refractivity contribution in [1.29, 1.82) is 0 Å². The number of esters is 2. The van der Waals surface area contributed by atoms with Crippen LogP contribution in [0.25, 0.3) is 11.4 Å². The number of hydrogen-bond acceptors (Lipinski definition) is 6. The number of ether oxygens (including phenoxy) is 2. The summed E-state index contributed by atoms with van der Waals surface area (Å²) in [7, 11) is 2.57.